The Morgan fingerprint density at radius 3 is 2.50 bits per heavy atom. The highest BCUT2D eigenvalue weighted by Crippen LogP contribution is 2.19. The lowest BCUT2D eigenvalue weighted by Gasteiger charge is -2.36. The van der Waals surface area contributed by atoms with Crippen LogP contribution >= 0.6 is 35.3 Å². The molecule has 0 unspecified atom stereocenters. The lowest BCUT2D eigenvalue weighted by molar-refractivity contribution is 0.172. The second-order valence-corrected chi connectivity index (χ2v) is 8.19. The molecule has 2 heterocycles. The summed E-state index contributed by atoms with van der Waals surface area (Å²) in [5, 5.41) is 6.92. The molecule has 1 saturated heterocycles. The van der Waals surface area contributed by atoms with Crippen molar-refractivity contribution in [3.63, 3.8) is 0 Å². The minimum atomic E-state index is 0. The highest BCUT2D eigenvalue weighted by atomic mass is 127. The van der Waals surface area contributed by atoms with Crippen molar-refractivity contribution >= 4 is 41.3 Å². The van der Waals surface area contributed by atoms with E-state index in [1.54, 1.807) is 11.3 Å². The van der Waals surface area contributed by atoms with Crippen LogP contribution in [0.2, 0.25) is 0 Å². The number of nitrogens with one attached hydrogen (secondary N) is 1. The first kappa shape index (κ1) is 23.1. The van der Waals surface area contributed by atoms with E-state index in [1.165, 1.54) is 16.3 Å². The smallest absolute Gasteiger partial charge is 0.193 e. The highest BCUT2D eigenvalue weighted by molar-refractivity contribution is 14.0. The summed E-state index contributed by atoms with van der Waals surface area (Å²) in [6.07, 6.45) is 0.941. The summed E-state index contributed by atoms with van der Waals surface area (Å²) < 4.78 is 0. The molecule has 0 aliphatic carbocycles. The van der Waals surface area contributed by atoms with E-state index in [-0.39, 0.29) is 24.0 Å². The normalized spacial score (nSPS) is 15.6. The van der Waals surface area contributed by atoms with Crippen molar-refractivity contribution in [2.45, 2.75) is 32.7 Å². The molecular formula is C21H32IN5S. The van der Waals surface area contributed by atoms with Gasteiger partial charge in [-0.1, -0.05) is 44.2 Å². The summed E-state index contributed by atoms with van der Waals surface area (Å²) in [4.78, 5) is 14.1. The molecule has 3 rings (SSSR count). The van der Waals surface area contributed by atoms with Gasteiger partial charge in [-0.25, -0.2) is 4.98 Å². The van der Waals surface area contributed by atoms with Crippen molar-refractivity contribution in [1.82, 2.24) is 20.1 Å². The van der Waals surface area contributed by atoms with Gasteiger partial charge < -0.3 is 10.2 Å². The molecule has 2 aromatic rings. The summed E-state index contributed by atoms with van der Waals surface area (Å²) >= 11 is 1.77. The minimum absolute atomic E-state index is 0. The van der Waals surface area contributed by atoms with E-state index in [2.05, 4.69) is 69.7 Å². The second kappa shape index (κ2) is 11.7. The molecule has 1 N–H and O–H groups in total. The largest absolute Gasteiger partial charge is 0.356 e. The van der Waals surface area contributed by atoms with Crippen molar-refractivity contribution in [2.75, 3.05) is 39.8 Å². The van der Waals surface area contributed by atoms with Gasteiger partial charge in [0.05, 0.1) is 10.7 Å². The summed E-state index contributed by atoms with van der Waals surface area (Å²) in [7, 11) is 1.87. The van der Waals surface area contributed by atoms with Crippen LogP contribution in [-0.4, -0.2) is 60.5 Å². The van der Waals surface area contributed by atoms with E-state index < -0.39 is 0 Å². The Morgan fingerprint density at radius 1 is 1.18 bits per heavy atom. The number of guanidine groups is 1. The SMILES string of the molecule is CN=C(NCCc1csc(C(C)C)n1)N1CCN(Cc2ccccc2)CC1.I. The maximum atomic E-state index is 4.71. The van der Waals surface area contributed by atoms with Gasteiger partial charge in [0.1, 0.15) is 0 Å². The fourth-order valence-corrected chi connectivity index (χ4v) is 4.17. The van der Waals surface area contributed by atoms with Crippen LogP contribution in [0.25, 0.3) is 0 Å². The van der Waals surface area contributed by atoms with E-state index >= 15 is 0 Å². The molecule has 0 amide bonds. The molecule has 1 fully saturated rings. The molecule has 1 aliphatic rings. The molecule has 28 heavy (non-hydrogen) atoms. The van der Waals surface area contributed by atoms with Crippen molar-refractivity contribution in [3.8, 4) is 0 Å². The molecule has 0 bridgehead atoms. The van der Waals surface area contributed by atoms with Crippen molar-refractivity contribution in [2.24, 2.45) is 4.99 Å². The third-order valence-corrected chi connectivity index (χ3v) is 6.05. The number of aromatic nitrogens is 1. The van der Waals surface area contributed by atoms with Gasteiger partial charge in [0.15, 0.2) is 5.96 Å². The molecule has 5 nitrogen and oxygen atoms in total. The number of aliphatic imine (C=N–C) groups is 1. The van der Waals surface area contributed by atoms with Crippen LogP contribution in [0.1, 0.15) is 36.0 Å². The number of nitrogens with zero attached hydrogens (tertiary/aromatic N) is 4. The number of rotatable bonds is 6. The number of thiazole rings is 1. The van der Waals surface area contributed by atoms with E-state index in [0.717, 1.165) is 51.6 Å². The maximum absolute atomic E-state index is 4.71. The van der Waals surface area contributed by atoms with Crippen LogP contribution in [0, 0.1) is 0 Å². The lowest BCUT2D eigenvalue weighted by Crippen LogP contribution is -2.52. The minimum Gasteiger partial charge on any atom is -0.356 e. The third kappa shape index (κ3) is 6.70. The van der Waals surface area contributed by atoms with Crippen molar-refractivity contribution in [1.29, 1.82) is 0 Å². The molecule has 1 aromatic carbocycles. The van der Waals surface area contributed by atoms with Gasteiger partial charge in [-0.2, -0.15) is 0 Å². The number of piperazine rings is 1. The Morgan fingerprint density at radius 2 is 1.89 bits per heavy atom. The number of hydrogen-bond donors (Lipinski definition) is 1. The predicted octanol–water partition coefficient (Wildman–Crippen LogP) is 3.82. The van der Waals surface area contributed by atoms with Crippen LogP contribution in [0.15, 0.2) is 40.7 Å². The number of benzene rings is 1. The summed E-state index contributed by atoms with van der Waals surface area (Å²) in [6.45, 7) is 10.5. The first-order valence-corrected chi connectivity index (χ1v) is 10.7. The van der Waals surface area contributed by atoms with Crippen LogP contribution in [0.3, 0.4) is 0 Å². The summed E-state index contributed by atoms with van der Waals surface area (Å²) in [6, 6.07) is 10.7. The van der Waals surface area contributed by atoms with Crippen LogP contribution in [0.4, 0.5) is 0 Å². The maximum Gasteiger partial charge on any atom is 0.193 e. The number of hydrogen-bond acceptors (Lipinski definition) is 4. The monoisotopic (exact) mass is 513 g/mol. The lowest BCUT2D eigenvalue weighted by atomic mass is 10.2. The van der Waals surface area contributed by atoms with Crippen LogP contribution in [0.5, 0.6) is 0 Å². The van der Waals surface area contributed by atoms with Gasteiger partial charge >= 0.3 is 0 Å². The fourth-order valence-electron chi connectivity index (χ4n) is 3.30. The topological polar surface area (TPSA) is 43.8 Å². The van der Waals surface area contributed by atoms with E-state index in [0.29, 0.717) is 5.92 Å². The number of halogens is 1. The van der Waals surface area contributed by atoms with Gasteiger partial charge in [-0.15, -0.1) is 35.3 Å². The zero-order valence-electron chi connectivity index (χ0n) is 17.1. The van der Waals surface area contributed by atoms with E-state index in [4.69, 9.17) is 4.98 Å². The van der Waals surface area contributed by atoms with Gasteiger partial charge in [-0.3, -0.25) is 9.89 Å². The molecule has 0 atom stereocenters. The molecular weight excluding hydrogens is 481 g/mol. The Hall–Kier alpha value is -1.19. The van der Waals surface area contributed by atoms with Gasteiger partial charge in [-0.05, 0) is 5.56 Å². The summed E-state index contributed by atoms with van der Waals surface area (Å²) in [5.41, 5.74) is 2.57. The van der Waals surface area contributed by atoms with Gasteiger partial charge in [0.2, 0.25) is 0 Å². The first-order valence-electron chi connectivity index (χ1n) is 9.82. The molecule has 0 spiro atoms. The Bertz CT molecular complexity index is 723. The van der Waals surface area contributed by atoms with Crippen molar-refractivity contribution in [3.05, 3.63) is 52.0 Å². The Labute approximate surface area is 190 Å². The van der Waals surface area contributed by atoms with Gasteiger partial charge in [0.25, 0.3) is 0 Å². The quantitative estimate of drug-likeness (QED) is 0.363. The Balaban J connectivity index is 0.00000280. The fraction of sp³-hybridized carbons (Fsp3) is 0.524. The predicted molar refractivity (Wildman–Crippen MR) is 130 cm³/mol. The molecule has 0 radical (unpaired) electrons. The zero-order chi connectivity index (χ0) is 19.1. The van der Waals surface area contributed by atoms with Gasteiger partial charge in [0, 0.05) is 64.0 Å². The molecule has 1 aliphatic heterocycles. The van der Waals surface area contributed by atoms with E-state index in [1.807, 2.05) is 7.05 Å². The standard InChI is InChI=1S/C21H31N5S.HI/c1-17(2)20-24-19(16-27-20)9-10-23-21(22-3)26-13-11-25(12-14-26)15-18-7-5-4-6-8-18;/h4-8,16-17H,9-15H2,1-3H3,(H,22,23);1H. The van der Waals surface area contributed by atoms with Crippen LogP contribution in [-0.2, 0) is 13.0 Å². The second-order valence-electron chi connectivity index (χ2n) is 7.30. The van der Waals surface area contributed by atoms with E-state index in [9.17, 15) is 0 Å². The van der Waals surface area contributed by atoms with Crippen molar-refractivity contribution < 1.29 is 0 Å². The zero-order valence-corrected chi connectivity index (χ0v) is 20.2. The molecule has 1 aromatic heterocycles. The average Bonchev–Trinajstić information content (AvgIpc) is 3.16. The average molecular weight is 513 g/mol. The third-order valence-electron chi connectivity index (χ3n) is 4.86. The first-order chi connectivity index (χ1) is 13.2. The summed E-state index contributed by atoms with van der Waals surface area (Å²) in [5.74, 6) is 1.52. The molecule has 154 valence electrons. The molecule has 7 heteroatoms. The Kier molecular flexibility index (Phi) is 9.67. The highest BCUT2D eigenvalue weighted by Gasteiger charge is 2.19. The van der Waals surface area contributed by atoms with Crippen LogP contribution < -0.4 is 5.32 Å². The molecule has 0 saturated carbocycles.